The van der Waals surface area contributed by atoms with Crippen molar-refractivity contribution in [3.05, 3.63) is 72.6 Å². The van der Waals surface area contributed by atoms with E-state index in [1.807, 2.05) is 36.5 Å². The number of hydrogen-bond donors (Lipinski definition) is 3. The molecule has 7 heteroatoms. The summed E-state index contributed by atoms with van der Waals surface area (Å²) in [5.41, 5.74) is 7.90. The minimum absolute atomic E-state index is 0.177. The van der Waals surface area contributed by atoms with Crippen LogP contribution >= 0.6 is 0 Å². The minimum atomic E-state index is -0.656. The van der Waals surface area contributed by atoms with Crippen molar-refractivity contribution < 1.29 is 9.59 Å². The highest BCUT2D eigenvalue weighted by molar-refractivity contribution is 5.94. The highest BCUT2D eigenvalue weighted by Crippen LogP contribution is 2.15. The summed E-state index contributed by atoms with van der Waals surface area (Å²) in [6.45, 7) is 0. The van der Waals surface area contributed by atoms with Gasteiger partial charge in [0.05, 0.1) is 18.3 Å². The van der Waals surface area contributed by atoms with Gasteiger partial charge in [-0.1, -0.05) is 24.3 Å². The SMILES string of the molecule is NC(=O)Nc1cccc(NC(=O)Cc2cnn(-c3ccccc3)c2)c1. The van der Waals surface area contributed by atoms with Crippen LogP contribution in [0.2, 0.25) is 0 Å². The average Bonchev–Trinajstić information content (AvgIpc) is 3.03. The number of benzene rings is 2. The molecular formula is C18H17N5O2. The molecule has 0 bridgehead atoms. The number of aromatic nitrogens is 2. The molecule has 3 rings (SSSR count). The van der Waals surface area contributed by atoms with Gasteiger partial charge in [-0.25, -0.2) is 9.48 Å². The monoisotopic (exact) mass is 335 g/mol. The number of hydrogen-bond acceptors (Lipinski definition) is 3. The fraction of sp³-hybridized carbons (Fsp3) is 0.0556. The summed E-state index contributed by atoms with van der Waals surface area (Å²) in [6.07, 6.45) is 3.68. The van der Waals surface area contributed by atoms with Gasteiger partial charge in [-0.15, -0.1) is 0 Å². The molecule has 4 N–H and O–H groups in total. The van der Waals surface area contributed by atoms with Crippen LogP contribution in [0.15, 0.2) is 67.0 Å². The van der Waals surface area contributed by atoms with Gasteiger partial charge in [0, 0.05) is 17.6 Å². The second-order valence-electron chi connectivity index (χ2n) is 5.42. The Hall–Kier alpha value is -3.61. The van der Waals surface area contributed by atoms with Crippen LogP contribution in [-0.4, -0.2) is 21.7 Å². The highest BCUT2D eigenvalue weighted by Gasteiger charge is 2.08. The summed E-state index contributed by atoms with van der Waals surface area (Å²) in [4.78, 5) is 23.1. The standard InChI is InChI=1S/C18H17N5O2/c19-18(25)22-15-6-4-5-14(10-15)21-17(24)9-13-11-20-23(12-13)16-7-2-1-3-8-16/h1-8,10-12H,9H2,(H,21,24)(H3,19,22,25). The lowest BCUT2D eigenvalue weighted by molar-refractivity contribution is -0.115. The van der Waals surface area contributed by atoms with Crippen LogP contribution in [0.1, 0.15) is 5.56 Å². The molecule has 0 aliphatic carbocycles. The fourth-order valence-electron chi connectivity index (χ4n) is 2.38. The van der Waals surface area contributed by atoms with Crippen LogP contribution in [0.25, 0.3) is 5.69 Å². The summed E-state index contributed by atoms with van der Waals surface area (Å²) >= 11 is 0. The van der Waals surface area contributed by atoms with Crippen LogP contribution in [0.3, 0.4) is 0 Å². The van der Waals surface area contributed by atoms with Crippen molar-refractivity contribution in [1.82, 2.24) is 9.78 Å². The Kier molecular flexibility index (Phi) is 4.75. The second-order valence-corrected chi connectivity index (χ2v) is 5.42. The Bertz CT molecular complexity index is 889. The molecule has 126 valence electrons. The second kappa shape index (κ2) is 7.31. The first-order valence-corrected chi connectivity index (χ1v) is 7.65. The van der Waals surface area contributed by atoms with E-state index >= 15 is 0 Å². The molecule has 3 amide bonds. The Morgan fingerprint density at radius 3 is 2.44 bits per heavy atom. The fourth-order valence-corrected chi connectivity index (χ4v) is 2.38. The van der Waals surface area contributed by atoms with Crippen molar-refractivity contribution in [2.24, 2.45) is 5.73 Å². The van der Waals surface area contributed by atoms with Crippen LogP contribution in [0.5, 0.6) is 0 Å². The lowest BCUT2D eigenvalue weighted by Crippen LogP contribution is -2.19. The number of rotatable bonds is 5. The Morgan fingerprint density at radius 2 is 1.72 bits per heavy atom. The number of carbonyl (C=O) groups is 2. The molecule has 1 aromatic heterocycles. The van der Waals surface area contributed by atoms with E-state index in [2.05, 4.69) is 15.7 Å². The van der Waals surface area contributed by atoms with Gasteiger partial charge in [0.25, 0.3) is 0 Å². The number of amides is 3. The summed E-state index contributed by atoms with van der Waals surface area (Å²) in [7, 11) is 0. The van der Waals surface area contributed by atoms with Gasteiger partial charge in [-0.3, -0.25) is 4.79 Å². The molecule has 0 saturated carbocycles. The number of nitrogens with one attached hydrogen (secondary N) is 2. The number of anilines is 2. The van der Waals surface area contributed by atoms with E-state index in [1.54, 1.807) is 35.1 Å². The van der Waals surface area contributed by atoms with E-state index in [4.69, 9.17) is 5.73 Å². The normalized spacial score (nSPS) is 10.2. The van der Waals surface area contributed by atoms with E-state index in [9.17, 15) is 9.59 Å². The van der Waals surface area contributed by atoms with Gasteiger partial charge >= 0.3 is 6.03 Å². The number of urea groups is 1. The maximum Gasteiger partial charge on any atom is 0.316 e. The Balaban J connectivity index is 1.63. The van der Waals surface area contributed by atoms with Gasteiger partial charge in [-0.2, -0.15) is 5.10 Å². The molecule has 2 aromatic carbocycles. The third-order valence-corrected chi connectivity index (χ3v) is 3.44. The molecule has 0 spiro atoms. The van der Waals surface area contributed by atoms with Gasteiger partial charge in [0.1, 0.15) is 0 Å². The number of nitrogens with zero attached hydrogens (tertiary/aromatic N) is 2. The van der Waals surface area contributed by atoms with Crippen LogP contribution in [0.4, 0.5) is 16.2 Å². The molecule has 0 aliphatic rings. The van der Waals surface area contributed by atoms with Gasteiger partial charge in [-0.05, 0) is 35.9 Å². The Morgan fingerprint density at radius 1 is 1.00 bits per heavy atom. The Labute approximate surface area is 144 Å². The van der Waals surface area contributed by atoms with Crippen molar-refractivity contribution in [1.29, 1.82) is 0 Å². The number of para-hydroxylation sites is 1. The van der Waals surface area contributed by atoms with Gasteiger partial charge in [0.2, 0.25) is 5.91 Å². The van der Waals surface area contributed by atoms with Gasteiger partial charge < -0.3 is 16.4 Å². The first kappa shape index (κ1) is 16.3. The zero-order chi connectivity index (χ0) is 17.6. The molecule has 0 fully saturated rings. The number of nitrogens with two attached hydrogens (primary N) is 1. The minimum Gasteiger partial charge on any atom is -0.351 e. The molecule has 0 atom stereocenters. The van der Waals surface area contributed by atoms with E-state index in [0.717, 1.165) is 11.3 Å². The first-order chi connectivity index (χ1) is 12.1. The molecule has 3 aromatic rings. The predicted molar refractivity (Wildman–Crippen MR) is 95.5 cm³/mol. The van der Waals surface area contributed by atoms with E-state index in [0.29, 0.717) is 11.4 Å². The number of carbonyl (C=O) groups excluding carboxylic acids is 2. The highest BCUT2D eigenvalue weighted by atomic mass is 16.2. The first-order valence-electron chi connectivity index (χ1n) is 7.65. The zero-order valence-corrected chi connectivity index (χ0v) is 13.3. The van der Waals surface area contributed by atoms with Crippen molar-refractivity contribution in [3.8, 4) is 5.69 Å². The van der Waals surface area contributed by atoms with Crippen molar-refractivity contribution >= 4 is 23.3 Å². The lowest BCUT2D eigenvalue weighted by atomic mass is 10.2. The lowest BCUT2D eigenvalue weighted by Gasteiger charge is -2.07. The molecular weight excluding hydrogens is 318 g/mol. The summed E-state index contributed by atoms with van der Waals surface area (Å²) < 4.78 is 1.72. The smallest absolute Gasteiger partial charge is 0.316 e. The molecule has 7 nitrogen and oxygen atoms in total. The van der Waals surface area contributed by atoms with E-state index in [-0.39, 0.29) is 12.3 Å². The van der Waals surface area contributed by atoms with Crippen molar-refractivity contribution in [2.75, 3.05) is 10.6 Å². The van der Waals surface area contributed by atoms with Crippen LogP contribution < -0.4 is 16.4 Å². The topological polar surface area (TPSA) is 102 Å². The van der Waals surface area contributed by atoms with Crippen molar-refractivity contribution in [3.63, 3.8) is 0 Å². The summed E-state index contributed by atoms with van der Waals surface area (Å²) in [5.74, 6) is -0.177. The largest absolute Gasteiger partial charge is 0.351 e. The quantitative estimate of drug-likeness (QED) is 0.667. The average molecular weight is 335 g/mol. The third kappa shape index (κ3) is 4.44. The predicted octanol–water partition coefficient (Wildman–Crippen LogP) is 2.54. The molecule has 0 radical (unpaired) electrons. The van der Waals surface area contributed by atoms with Crippen LogP contribution in [0, 0.1) is 0 Å². The molecule has 25 heavy (non-hydrogen) atoms. The van der Waals surface area contributed by atoms with E-state index < -0.39 is 6.03 Å². The third-order valence-electron chi connectivity index (χ3n) is 3.44. The van der Waals surface area contributed by atoms with Crippen LogP contribution in [-0.2, 0) is 11.2 Å². The zero-order valence-electron chi connectivity index (χ0n) is 13.3. The molecule has 0 saturated heterocycles. The summed E-state index contributed by atoms with van der Waals surface area (Å²) in [5, 5.41) is 9.52. The number of primary amides is 1. The molecule has 0 aliphatic heterocycles. The molecule has 0 unspecified atom stereocenters. The maximum absolute atomic E-state index is 12.2. The maximum atomic E-state index is 12.2. The summed E-state index contributed by atoms with van der Waals surface area (Å²) in [6, 6.07) is 15.8. The van der Waals surface area contributed by atoms with Crippen molar-refractivity contribution in [2.45, 2.75) is 6.42 Å². The van der Waals surface area contributed by atoms with Gasteiger partial charge in [0.15, 0.2) is 0 Å². The molecule has 1 heterocycles. The van der Waals surface area contributed by atoms with E-state index in [1.165, 1.54) is 0 Å².